The minimum absolute atomic E-state index is 0.0465. The molecule has 6 nitrogen and oxygen atoms in total. The van der Waals surface area contributed by atoms with Gasteiger partial charge in [0.15, 0.2) is 0 Å². The lowest BCUT2D eigenvalue weighted by molar-refractivity contribution is -0.126. The maximum Gasteiger partial charge on any atom is 0.328 e. The molecule has 6 heteroatoms. The third-order valence-corrected chi connectivity index (χ3v) is 4.98. The van der Waals surface area contributed by atoms with Gasteiger partial charge in [0.05, 0.1) is 10.9 Å². The summed E-state index contributed by atoms with van der Waals surface area (Å²) >= 11 is 0. The Balaban J connectivity index is 1.71. The number of benzene rings is 1. The van der Waals surface area contributed by atoms with Crippen LogP contribution >= 0.6 is 0 Å². The van der Waals surface area contributed by atoms with Gasteiger partial charge in [0.1, 0.15) is 0 Å². The Kier molecular flexibility index (Phi) is 5.06. The highest BCUT2D eigenvalue weighted by Crippen LogP contribution is 2.29. The van der Waals surface area contributed by atoms with E-state index in [9.17, 15) is 14.4 Å². The number of hydrogen-bond donors (Lipinski definition) is 2. The number of carbonyl (C=O) groups is 1. The van der Waals surface area contributed by atoms with E-state index in [1.54, 1.807) is 24.3 Å². The van der Waals surface area contributed by atoms with E-state index in [-0.39, 0.29) is 35.0 Å². The molecule has 0 saturated heterocycles. The van der Waals surface area contributed by atoms with Gasteiger partial charge in [-0.05, 0) is 57.6 Å². The molecule has 0 bridgehead atoms. The molecular weight excluding hydrogens is 318 g/mol. The van der Waals surface area contributed by atoms with Crippen molar-refractivity contribution in [2.45, 2.75) is 52.1 Å². The Morgan fingerprint density at radius 1 is 1.20 bits per heavy atom. The minimum Gasteiger partial charge on any atom is -0.354 e. The second-order valence-corrected chi connectivity index (χ2v) is 7.27. The smallest absolute Gasteiger partial charge is 0.328 e. The first-order valence-electron chi connectivity index (χ1n) is 8.98. The number of para-hydroxylation sites is 1. The molecule has 2 aromatic rings. The number of nitrogens with one attached hydrogen (secondary N) is 2. The first kappa shape index (κ1) is 17.5. The largest absolute Gasteiger partial charge is 0.354 e. The van der Waals surface area contributed by atoms with Crippen LogP contribution in [0.25, 0.3) is 10.9 Å². The van der Waals surface area contributed by atoms with Crippen LogP contribution in [0.1, 0.15) is 39.5 Å². The summed E-state index contributed by atoms with van der Waals surface area (Å²) in [4.78, 5) is 39.7. The third kappa shape index (κ3) is 3.83. The SMILES string of the molecule is CC(C)NC(=O)C1CCC(Cn2c(=O)[nH]c3ccccc3c2=O)CC1. The summed E-state index contributed by atoms with van der Waals surface area (Å²) in [5.74, 6) is 0.419. The van der Waals surface area contributed by atoms with Crippen LogP contribution in [0.5, 0.6) is 0 Å². The van der Waals surface area contributed by atoms with E-state index in [0.29, 0.717) is 17.4 Å². The van der Waals surface area contributed by atoms with Crippen LogP contribution in [0, 0.1) is 11.8 Å². The molecule has 1 heterocycles. The summed E-state index contributed by atoms with van der Waals surface area (Å²) < 4.78 is 1.31. The van der Waals surface area contributed by atoms with Crippen molar-refractivity contribution < 1.29 is 4.79 Å². The molecule has 0 radical (unpaired) electrons. The standard InChI is InChI=1S/C19H25N3O3/c1-12(2)20-17(23)14-9-7-13(8-10-14)11-22-18(24)15-5-3-4-6-16(15)21-19(22)25/h3-6,12-14H,7-11H2,1-2H3,(H,20,23)(H,21,25). The Labute approximate surface area is 146 Å². The molecule has 1 aliphatic carbocycles. The molecule has 1 aliphatic rings. The van der Waals surface area contributed by atoms with Gasteiger partial charge in [-0.2, -0.15) is 0 Å². The molecule has 0 unspecified atom stereocenters. The van der Waals surface area contributed by atoms with Gasteiger partial charge in [0, 0.05) is 18.5 Å². The number of aromatic amines is 1. The van der Waals surface area contributed by atoms with Crippen LogP contribution in [0.3, 0.4) is 0 Å². The van der Waals surface area contributed by atoms with E-state index >= 15 is 0 Å². The van der Waals surface area contributed by atoms with E-state index in [1.807, 2.05) is 13.8 Å². The Morgan fingerprint density at radius 2 is 1.88 bits per heavy atom. The molecule has 1 aromatic carbocycles. The summed E-state index contributed by atoms with van der Waals surface area (Å²) in [7, 11) is 0. The maximum absolute atomic E-state index is 12.6. The van der Waals surface area contributed by atoms with Crippen LogP contribution in [-0.4, -0.2) is 21.5 Å². The van der Waals surface area contributed by atoms with Crippen molar-refractivity contribution in [3.63, 3.8) is 0 Å². The summed E-state index contributed by atoms with van der Waals surface area (Å²) in [5.41, 5.74) is -0.0230. The van der Waals surface area contributed by atoms with E-state index < -0.39 is 0 Å². The van der Waals surface area contributed by atoms with Crippen molar-refractivity contribution in [1.82, 2.24) is 14.9 Å². The average molecular weight is 343 g/mol. The van der Waals surface area contributed by atoms with Crippen LogP contribution < -0.4 is 16.6 Å². The van der Waals surface area contributed by atoms with Crippen molar-refractivity contribution in [3.05, 3.63) is 45.1 Å². The second kappa shape index (κ2) is 7.25. The molecule has 1 fully saturated rings. The molecule has 3 rings (SSSR count). The third-order valence-electron chi connectivity index (χ3n) is 4.98. The molecule has 1 aromatic heterocycles. The monoisotopic (exact) mass is 343 g/mol. The Bertz CT molecular complexity index is 873. The summed E-state index contributed by atoms with van der Waals surface area (Å²) in [6.45, 7) is 4.33. The topological polar surface area (TPSA) is 84.0 Å². The first-order chi connectivity index (χ1) is 12.0. The van der Waals surface area contributed by atoms with Crippen LogP contribution in [0.2, 0.25) is 0 Å². The predicted molar refractivity (Wildman–Crippen MR) is 97.6 cm³/mol. The highest BCUT2D eigenvalue weighted by Gasteiger charge is 2.27. The zero-order valence-corrected chi connectivity index (χ0v) is 14.7. The molecule has 1 saturated carbocycles. The van der Waals surface area contributed by atoms with Crippen molar-refractivity contribution in [3.8, 4) is 0 Å². The molecule has 1 amide bonds. The molecule has 0 spiro atoms. The lowest BCUT2D eigenvalue weighted by Gasteiger charge is -2.28. The zero-order valence-electron chi connectivity index (χ0n) is 14.7. The van der Waals surface area contributed by atoms with Gasteiger partial charge in [-0.15, -0.1) is 0 Å². The van der Waals surface area contributed by atoms with Crippen molar-refractivity contribution >= 4 is 16.8 Å². The number of H-pyrrole nitrogens is 1. The molecular formula is C19H25N3O3. The number of aromatic nitrogens is 2. The van der Waals surface area contributed by atoms with Crippen molar-refractivity contribution in [1.29, 1.82) is 0 Å². The van der Waals surface area contributed by atoms with Crippen LogP contribution in [0.4, 0.5) is 0 Å². The van der Waals surface area contributed by atoms with Gasteiger partial charge >= 0.3 is 5.69 Å². The zero-order chi connectivity index (χ0) is 18.0. The van der Waals surface area contributed by atoms with E-state index in [4.69, 9.17) is 0 Å². The van der Waals surface area contributed by atoms with Gasteiger partial charge < -0.3 is 10.3 Å². The highest BCUT2D eigenvalue weighted by atomic mass is 16.2. The quantitative estimate of drug-likeness (QED) is 0.891. The molecule has 0 atom stereocenters. The molecule has 25 heavy (non-hydrogen) atoms. The number of hydrogen-bond acceptors (Lipinski definition) is 3. The molecule has 2 N–H and O–H groups in total. The van der Waals surface area contributed by atoms with E-state index in [2.05, 4.69) is 10.3 Å². The predicted octanol–water partition coefficient (Wildman–Crippen LogP) is 2.02. The fourth-order valence-electron chi connectivity index (χ4n) is 3.63. The van der Waals surface area contributed by atoms with Gasteiger partial charge in [0.25, 0.3) is 5.56 Å². The normalized spacial score (nSPS) is 20.8. The maximum atomic E-state index is 12.6. The van der Waals surface area contributed by atoms with Gasteiger partial charge in [-0.1, -0.05) is 12.1 Å². The highest BCUT2D eigenvalue weighted by molar-refractivity contribution is 5.79. The number of nitrogens with zero attached hydrogens (tertiary/aromatic N) is 1. The van der Waals surface area contributed by atoms with Gasteiger partial charge in [-0.25, -0.2) is 4.79 Å². The Morgan fingerprint density at radius 3 is 2.56 bits per heavy atom. The summed E-state index contributed by atoms with van der Waals surface area (Å²) in [5, 5.41) is 3.50. The lowest BCUT2D eigenvalue weighted by Crippen LogP contribution is -2.40. The molecule has 134 valence electrons. The van der Waals surface area contributed by atoms with Crippen LogP contribution in [-0.2, 0) is 11.3 Å². The second-order valence-electron chi connectivity index (χ2n) is 7.27. The van der Waals surface area contributed by atoms with E-state index in [1.165, 1.54) is 4.57 Å². The van der Waals surface area contributed by atoms with Crippen molar-refractivity contribution in [2.75, 3.05) is 0 Å². The van der Waals surface area contributed by atoms with Gasteiger partial charge in [-0.3, -0.25) is 14.2 Å². The lowest BCUT2D eigenvalue weighted by atomic mass is 9.81. The fourth-order valence-corrected chi connectivity index (χ4v) is 3.63. The Hall–Kier alpha value is -2.37. The minimum atomic E-state index is -0.358. The fraction of sp³-hybridized carbons (Fsp3) is 0.526. The average Bonchev–Trinajstić information content (AvgIpc) is 2.58. The number of carbonyl (C=O) groups excluding carboxylic acids is 1. The number of amides is 1. The molecule has 0 aliphatic heterocycles. The summed E-state index contributed by atoms with van der Waals surface area (Å²) in [6, 6.07) is 7.22. The first-order valence-corrected chi connectivity index (χ1v) is 8.98. The summed E-state index contributed by atoms with van der Waals surface area (Å²) in [6.07, 6.45) is 3.33. The van der Waals surface area contributed by atoms with Gasteiger partial charge in [0.2, 0.25) is 5.91 Å². The number of rotatable bonds is 4. The van der Waals surface area contributed by atoms with Crippen LogP contribution in [0.15, 0.2) is 33.9 Å². The van der Waals surface area contributed by atoms with E-state index in [0.717, 1.165) is 25.7 Å². The number of fused-ring (bicyclic) bond motifs is 1. The van der Waals surface area contributed by atoms with Crippen molar-refractivity contribution in [2.24, 2.45) is 11.8 Å².